The Balaban J connectivity index is 1.53. The van der Waals surface area contributed by atoms with Crippen LogP contribution < -0.4 is 10.6 Å². The van der Waals surface area contributed by atoms with Crippen molar-refractivity contribution >= 4 is 34.6 Å². The Labute approximate surface area is 179 Å². The van der Waals surface area contributed by atoms with Crippen molar-refractivity contribution in [2.75, 3.05) is 10.6 Å². The number of anilines is 3. The number of nitrogens with zero attached hydrogens (tertiary/aromatic N) is 2. The second-order valence-electron chi connectivity index (χ2n) is 6.70. The van der Waals surface area contributed by atoms with Gasteiger partial charge in [0.2, 0.25) is 0 Å². The minimum atomic E-state index is -0.278. The normalized spacial score (nSPS) is 10.5. The molecule has 0 fully saturated rings. The zero-order valence-electron chi connectivity index (χ0n) is 16.3. The van der Waals surface area contributed by atoms with Crippen molar-refractivity contribution < 1.29 is 4.79 Å². The van der Waals surface area contributed by atoms with Gasteiger partial charge in [-0.2, -0.15) is 0 Å². The Morgan fingerprint density at radius 2 is 1.60 bits per heavy atom. The van der Waals surface area contributed by atoms with Crippen molar-refractivity contribution in [2.24, 2.45) is 0 Å². The molecule has 4 rings (SSSR count). The number of carbonyl (C=O) groups is 1. The number of aromatic nitrogens is 2. The molecule has 0 spiro atoms. The number of hydrogen-bond donors (Lipinski definition) is 2. The van der Waals surface area contributed by atoms with Gasteiger partial charge in [-0.1, -0.05) is 60.1 Å². The maximum absolute atomic E-state index is 12.8. The lowest BCUT2D eigenvalue weighted by molar-refractivity contribution is 0.102. The molecule has 0 aliphatic heterocycles. The highest BCUT2D eigenvalue weighted by Crippen LogP contribution is 2.29. The summed E-state index contributed by atoms with van der Waals surface area (Å²) in [6, 6.07) is 24.6. The van der Waals surface area contributed by atoms with Crippen LogP contribution in [-0.4, -0.2) is 15.9 Å². The first-order chi connectivity index (χ1) is 14.6. The summed E-state index contributed by atoms with van der Waals surface area (Å²) < 4.78 is 0. The topological polar surface area (TPSA) is 66.9 Å². The van der Waals surface area contributed by atoms with Crippen LogP contribution in [0.3, 0.4) is 0 Å². The summed E-state index contributed by atoms with van der Waals surface area (Å²) in [5.74, 6) is 0.311. The molecular weight excluding hydrogens is 396 g/mol. The summed E-state index contributed by atoms with van der Waals surface area (Å²) in [5, 5.41) is 6.71. The third-order valence-corrected chi connectivity index (χ3v) is 4.86. The fourth-order valence-corrected chi connectivity index (χ4v) is 3.16. The third-order valence-electron chi connectivity index (χ3n) is 4.53. The van der Waals surface area contributed by atoms with Crippen molar-refractivity contribution in [1.82, 2.24) is 9.97 Å². The Hall–Kier alpha value is -3.70. The van der Waals surface area contributed by atoms with E-state index in [9.17, 15) is 4.79 Å². The molecule has 6 heteroatoms. The predicted octanol–water partition coefficient (Wildman–Crippen LogP) is 6.10. The second kappa shape index (κ2) is 8.76. The molecule has 0 aliphatic rings. The van der Waals surface area contributed by atoms with E-state index < -0.39 is 0 Å². The second-order valence-corrected chi connectivity index (χ2v) is 7.11. The lowest BCUT2D eigenvalue weighted by Gasteiger charge is -2.12. The van der Waals surface area contributed by atoms with Crippen LogP contribution in [0, 0.1) is 6.92 Å². The molecule has 0 unspecified atom stereocenters. The number of hydrogen-bond acceptors (Lipinski definition) is 4. The van der Waals surface area contributed by atoms with Crippen LogP contribution in [0.1, 0.15) is 16.1 Å². The number of rotatable bonds is 5. The van der Waals surface area contributed by atoms with Crippen molar-refractivity contribution in [2.45, 2.75) is 6.92 Å². The molecule has 0 saturated carbocycles. The Morgan fingerprint density at radius 3 is 2.30 bits per heavy atom. The smallest absolute Gasteiger partial charge is 0.259 e. The van der Waals surface area contributed by atoms with E-state index in [2.05, 4.69) is 20.6 Å². The van der Waals surface area contributed by atoms with Gasteiger partial charge in [-0.15, -0.1) is 0 Å². The number of halogens is 1. The lowest BCUT2D eigenvalue weighted by atomic mass is 10.1. The molecule has 30 heavy (non-hydrogen) atoms. The van der Waals surface area contributed by atoms with Gasteiger partial charge in [0.05, 0.1) is 22.0 Å². The minimum Gasteiger partial charge on any atom is -0.354 e. The number of amides is 1. The van der Waals surface area contributed by atoms with Gasteiger partial charge in [-0.3, -0.25) is 4.79 Å². The van der Waals surface area contributed by atoms with Gasteiger partial charge in [0.15, 0.2) is 5.82 Å². The van der Waals surface area contributed by atoms with Gasteiger partial charge in [-0.05, 0) is 37.3 Å². The SMILES string of the molecule is Cc1nc(-c2ccccc2)ncc1C(=O)Nc1ccc(Cl)c(Nc2ccccc2)c1. The number of carbonyl (C=O) groups excluding carboxylic acids is 1. The average Bonchev–Trinajstić information content (AvgIpc) is 2.77. The molecule has 4 aromatic rings. The van der Waals surface area contributed by atoms with E-state index in [1.807, 2.05) is 60.7 Å². The molecule has 1 amide bonds. The van der Waals surface area contributed by atoms with Crippen molar-refractivity contribution in [3.05, 3.63) is 101 Å². The third kappa shape index (κ3) is 4.47. The van der Waals surface area contributed by atoms with Gasteiger partial charge in [0.1, 0.15) is 0 Å². The summed E-state index contributed by atoms with van der Waals surface area (Å²) in [6.07, 6.45) is 1.55. The van der Waals surface area contributed by atoms with E-state index in [0.29, 0.717) is 33.5 Å². The van der Waals surface area contributed by atoms with Crippen LogP contribution in [-0.2, 0) is 0 Å². The molecule has 0 bridgehead atoms. The maximum atomic E-state index is 12.8. The highest BCUT2D eigenvalue weighted by molar-refractivity contribution is 6.33. The van der Waals surface area contributed by atoms with Crippen molar-refractivity contribution in [3.8, 4) is 11.4 Å². The summed E-state index contributed by atoms with van der Waals surface area (Å²) in [6.45, 7) is 1.80. The van der Waals surface area contributed by atoms with Gasteiger partial charge in [0.25, 0.3) is 5.91 Å². The molecule has 5 nitrogen and oxygen atoms in total. The molecule has 0 atom stereocenters. The molecule has 1 heterocycles. The van der Waals surface area contributed by atoms with E-state index >= 15 is 0 Å². The van der Waals surface area contributed by atoms with Crippen LogP contribution in [0.5, 0.6) is 0 Å². The summed E-state index contributed by atoms with van der Waals surface area (Å²) in [7, 11) is 0. The molecular formula is C24H19ClN4O. The van der Waals surface area contributed by atoms with Crippen LogP contribution in [0.25, 0.3) is 11.4 Å². The molecule has 0 aliphatic carbocycles. The number of para-hydroxylation sites is 1. The molecule has 148 valence electrons. The molecule has 3 aromatic carbocycles. The summed E-state index contributed by atoms with van der Waals surface area (Å²) >= 11 is 6.31. The number of aryl methyl sites for hydroxylation is 1. The summed E-state index contributed by atoms with van der Waals surface area (Å²) in [4.78, 5) is 21.6. The first-order valence-corrected chi connectivity index (χ1v) is 9.80. The van der Waals surface area contributed by atoms with Crippen LogP contribution >= 0.6 is 11.6 Å². The predicted molar refractivity (Wildman–Crippen MR) is 121 cm³/mol. The highest BCUT2D eigenvalue weighted by Gasteiger charge is 2.14. The largest absolute Gasteiger partial charge is 0.354 e. The van der Waals surface area contributed by atoms with E-state index in [4.69, 9.17) is 11.6 Å². The van der Waals surface area contributed by atoms with Crippen molar-refractivity contribution in [3.63, 3.8) is 0 Å². The zero-order chi connectivity index (χ0) is 20.9. The van der Waals surface area contributed by atoms with Crippen LogP contribution in [0.4, 0.5) is 17.1 Å². The molecule has 0 saturated heterocycles. The van der Waals surface area contributed by atoms with Gasteiger partial charge < -0.3 is 10.6 Å². The van der Waals surface area contributed by atoms with Crippen LogP contribution in [0.15, 0.2) is 85.1 Å². The fourth-order valence-electron chi connectivity index (χ4n) is 2.99. The quantitative estimate of drug-likeness (QED) is 0.414. The Kier molecular flexibility index (Phi) is 5.72. The minimum absolute atomic E-state index is 0.278. The van der Waals surface area contributed by atoms with Gasteiger partial charge in [-0.25, -0.2) is 9.97 Å². The van der Waals surface area contributed by atoms with Gasteiger partial charge >= 0.3 is 0 Å². The van der Waals surface area contributed by atoms with Gasteiger partial charge in [0, 0.05) is 23.1 Å². The zero-order valence-corrected chi connectivity index (χ0v) is 17.0. The van der Waals surface area contributed by atoms with E-state index in [1.165, 1.54) is 0 Å². The number of benzene rings is 3. The monoisotopic (exact) mass is 414 g/mol. The van der Waals surface area contributed by atoms with E-state index in [-0.39, 0.29) is 5.91 Å². The van der Waals surface area contributed by atoms with E-state index in [0.717, 1.165) is 11.3 Å². The average molecular weight is 415 g/mol. The number of nitrogens with one attached hydrogen (secondary N) is 2. The lowest BCUT2D eigenvalue weighted by Crippen LogP contribution is -2.15. The molecule has 1 aromatic heterocycles. The fraction of sp³-hybridized carbons (Fsp3) is 0.0417. The summed E-state index contributed by atoms with van der Waals surface area (Å²) in [5.41, 5.74) is 4.16. The molecule has 0 radical (unpaired) electrons. The molecule has 2 N–H and O–H groups in total. The standard InChI is InChI=1S/C24H19ClN4O/c1-16-20(15-26-23(27-16)17-8-4-2-5-9-17)24(30)29-19-12-13-21(25)22(14-19)28-18-10-6-3-7-11-18/h2-15,28H,1H3,(H,29,30). The first kappa shape index (κ1) is 19.6. The highest BCUT2D eigenvalue weighted by atomic mass is 35.5. The van der Waals surface area contributed by atoms with E-state index in [1.54, 1.807) is 31.3 Å². The maximum Gasteiger partial charge on any atom is 0.259 e. The Bertz CT molecular complexity index is 1180. The first-order valence-electron chi connectivity index (χ1n) is 9.42. The van der Waals surface area contributed by atoms with Crippen LogP contribution in [0.2, 0.25) is 5.02 Å². The Morgan fingerprint density at radius 1 is 0.900 bits per heavy atom. The van der Waals surface area contributed by atoms with Crippen molar-refractivity contribution in [1.29, 1.82) is 0 Å².